The molecule has 1 aliphatic rings. The minimum absolute atomic E-state index is 0.349. The summed E-state index contributed by atoms with van der Waals surface area (Å²) in [4.78, 5) is 11.6. The number of hydrogen-bond donors (Lipinski definition) is 1. The zero-order chi connectivity index (χ0) is 13.8. The Morgan fingerprint density at radius 2 is 2.16 bits per heavy atom. The van der Waals surface area contributed by atoms with Crippen molar-refractivity contribution in [3.63, 3.8) is 0 Å². The Labute approximate surface area is 116 Å². The number of anilines is 1. The molecule has 0 atom stereocenters. The lowest BCUT2D eigenvalue weighted by Crippen LogP contribution is -2.29. The van der Waals surface area contributed by atoms with Crippen LogP contribution < -0.4 is 10.6 Å². The molecule has 0 bridgehead atoms. The van der Waals surface area contributed by atoms with Crippen molar-refractivity contribution in [2.45, 2.75) is 52.5 Å². The number of hydrogen-bond acceptors (Lipinski definition) is 4. The second-order valence-corrected chi connectivity index (χ2v) is 5.81. The van der Waals surface area contributed by atoms with Gasteiger partial charge in [0.05, 0.1) is 17.6 Å². The second-order valence-electron chi connectivity index (χ2n) is 5.81. The molecule has 19 heavy (non-hydrogen) atoms. The highest BCUT2D eigenvalue weighted by Crippen LogP contribution is 2.32. The molecule has 4 nitrogen and oxygen atoms in total. The van der Waals surface area contributed by atoms with E-state index in [0.29, 0.717) is 12.5 Å². The van der Waals surface area contributed by atoms with Crippen LogP contribution in [0.25, 0.3) is 0 Å². The molecule has 0 unspecified atom stereocenters. The summed E-state index contributed by atoms with van der Waals surface area (Å²) in [6.45, 7) is 9.12. The van der Waals surface area contributed by atoms with Gasteiger partial charge in [-0.1, -0.05) is 20.8 Å². The standard InChI is InChI=1S/C15H26N4/c1-4-7-19(10-12-5-6-12)14-9-17-15(11(2)3)18-13(14)8-16/h9,11-12H,4-8,10,16H2,1-3H3. The Morgan fingerprint density at radius 1 is 1.42 bits per heavy atom. The van der Waals surface area contributed by atoms with Crippen LogP contribution in [0.3, 0.4) is 0 Å². The van der Waals surface area contributed by atoms with Crippen molar-refractivity contribution in [3.8, 4) is 0 Å². The third kappa shape index (κ3) is 3.66. The van der Waals surface area contributed by atoms with Crippen molar-refractivity contribution >= 4 is 5.69 Å². The van der Waals surface area contributed by atoms with Crippen LogP contribution in [0.15, 0.2) is 6.20 Å². The van der Waals surface area contributed by atoms with Crippen LogP contribution >= 0.6 is 0 Å². The van der Waals surface area contributed by atoms with Crippen molar-refractivity contribution < 1.29 is 0 Å². The molecule has 106 valence electrons. The Morgan fingerprint density at radius 3 is 2.68 bits per heavy atom. The molecule has 1 fully saturated rings. The summed E-state index contributed by atoms with van der Waals surface area (Å²) < 4.78 is 0. The fraction of sp³-hybridized carbons (Fsp3) is 0.733. The normalized spacial score (nSPS) is 15.0. The quantitative estimate of drug-likeness (QED) is 0.821. The summed E-state index contributed by atoms with van der Waals surface area (Å²) in [6, 6.07) is 0. The number of rotatable bonds is 7. The van der Waals surface area contributed by atoms with Gasteiger partial charge in [0.2, 0.25) is 0 Å². The van der Waals surface area contributed by atoms with E-state index < -0.39 is 0 Å². The molecule has 0 amide bonds. The van der Waals surface area contributed by atoms with Gasteiger partial charge in [-0.25, -0.2) is 9.97 Å². The minimum Gasteiger partial charge on any atom is -0.369 e. The molecule has 1 aromatic heterocycles. The fourth-order valence-corrected chi connectivity index (χ4v) is 2.31. The first-order valence-corrected chi connectivity index (χ1v) is 7.46. The zero-order valence-corrected chi connectivity index (χ0v) is 12.4. The van der Waals surface area contributed by atoms with Gasteiger partial charge in [-0.2, -0.15) is 0 Å². The zero-order valence-electron chi connectivity index (χ0n) is 12.4. The summed E-state index contributed by atoms with van der Waals surface area (Å²) in [5, 5.41) is 0. The SMILES string of the molecule is CCCN(CC1CC1)c1cnc(C(C)C)nc1CN. The van der Waals surface area contributed by atoms with E-state index in [4.69, 9.17) is 5.73 Å². The smallest absolute Gasteiger partial charge is 0.131 e. The molecule has 0 radical (unpaired) electrons. The van der Waals surface area contributed by atoms with Gasteiger partial charge >= 0.3 is 0 Å². The first-order valence-electron chi connectivity index (χ1n) is 7.46. The van der Waals surface area contributed by atoms with Crippen molar-refractivity contribution in [1.29, 1.82) is 0 Å². The van der Waals surface area contributed by atoms with E-state index in [9.17, 15) is 0 Å². The van der Waals surface area contributed by atoms with E-state index in [1.807, 2.05) is 6.20 Å². The molecule has 2 rings (SSSR count). The van der Waals surface area contributed by atoms with E-state index in [2.05, 4.69) is 35.6 Å². The van der Waals surface area contributed by atoms with Gasteiger partial charge < -0.3 is 10.6 Å². The van der Waals surface area contributed by atoms with Crippen LogP contribution in [0.5, 0.6) is 0 Å². The maximum atomic E-state index is 5.88. The molecule has 0 aromatic carbocycles. The lowest BCUT2D eigenvalue weighted by Gasteiger charge is -2.26. The lowest BCUT2D eigenvalue weighted by molar-refractivity contribution is 0.689. The highest BCUT2D eigenvalue weighted by atomic mass is 15.2. The third-order valence-electron chi connectivity index (χ3n) is 3.58. The van der Waals surface area contributed by atoms with Crippen LogP contribution in [0, 0.1) is 5.92 Å². The molecular formula is C15H26N4. The maximum absolute atomic E-state index is 5.88. The molecule has 1 aliphatic carbocycles. The number of aromatic nitrogens is 2. The van der Waals surface area contributed by atoms with Crippen LogP contribution in [0.1, 0.15) is 57.5 Å². The van der Waals surface area contributed by atoms with E-state index in [1.165, 1.54) is 12.8 Å². The number of nitrogens with two attached hydrogens (primary N) is 1. The molecule has 2 N–H and O–H groups in total. The topological polar surface area (TPSA) is 55.0 Å². The predicted molar refractivity (Wildman–Crippen MR) is 79.2 cm³/mol. The molecule has 1 aromatic rings. The van der Waals surface area contributed by atoms with Gasteiger partial charge in [0, 0.05) is 25.6 Å². The monoisotopic (exact) mass is 262 g/mol. The van der Waals surface area contributed by atoms with Crippen LogP contribution in [-0.4, -0.2) is 23.1 Å². The molecule has 0 spiro atoms. The Kier molecular flexibility index (Phi) is 4.75. The first kappa shape index (κ1) is 14.3. The predicted octanol–water partition coefficient (Wildman–Crippen LogP) is 2.69. The maximum Gasteiger partial charge on any atom is 0.131 e. The van der Waals surface area contributed by atoms with Crippen molar-refractivity contribution in [2.24, 2.45) is 11.7 Å². The van der Waals surface area contributed by atoms with Gasteiger partial charge in [-0.05, 0) is 25.2 Å². The Hall–Kier alpha value is -1.16. The average molecular weight is 262 g/mol. The molecule has 1 saturated carbocycles. The summed E-state index contributed by atoms with van der Waals surface area (Å²) in [6.07, 6.45) is 5.84. The van der Waals surface area contributed by atoms with Crippen LogP contribution in [-0.2, 0) is 6.54 Å². The molecular weight excluding hydrogens is 236 g/mol. The summed E-state index contributed by atoms with van der Waals surface area (Å²) >= 11 is 0. The van der Waals surface area contributed by atoms with Gasteiger partial charge in [0.25, 0.3) is 0 Å². The van der Waals surface area contributed by atoms with Gasteiger partial charge in [0.15, 0.2) is 0 Å². The van der Waals surface area contributed by atoms with Gasteiger partial charge in [-0.3, -0.25) is 0 Å². The number of nitrogens with zero attached hydrogens (tertiary/aromatic N) is 3. The Bertz CT molecular complexity index is 413. The Balaban J connectivity index is 2.23. The van der Waals surface area contributed by atoms with Gasteiger partial charge in [0.1, 0.15) is 5.82 Å². The van der Waals surface area contributed by atoms with Crippen LogP contribution in [0.2, 0.25) is 0 Å². The van der Waals surface area contributed by atoms with E-state index in [1.54, 1.807) is 0 Å². The van der Waals surface area contributed by atoms with Crippen LogP contribution in [0.4, 0.5) is 5.69 Å². The largest absolute Gasteiger partial charge is 0.369 e. The fourth-order valence-electron chi connectivity index (χ4n) is 2.31. The van der Waals surface area contributed by atoms with Gasteiger partial charge in [-0.15, -0.1) is 0 Å². The van der Waals surface area contributed by atoms with E-state index >= 15 is 0 Å². The summed E-state index contributed by atoms with van der Waals surface area (Å²) in [5.74, 6) is 2.11. The highest BCUT2D eigenvalue weighted by molar-refractivity contribution is 5.49. The molecule has 0 saturated heterocycles. The van der Waals surface area contributed by atoms with Crippen molar-refractivity contribution in [3.05, 3.63) is 17.7 Å². The first-order chi connectivity index (χ1) is 9.15. The summed E-state index contributed by atoms with van der Waals surface area (Å²) in [5.41, 5.74) is 8.02. The molecule has 0 aliphatic heterocycles. The highest BCUT2D eigenvalue weighted by Gasteiger charge is 2.25. The lowest BCUT2D eigenvalue weighted by atomic mass is 10.2. The molecule has 1 heterocycles. The van der Waals surface area contributed by atoms with Crippen molar-refractivity contribution in [2.75, 3.05) is 18.0 Å². The summed E-state index contributed by atoms with van der Waals surface area (Å²) in [7, 11) is 0. The minimum atomic E-state index is 0.349. The van der Waals surface area contributed by atoms with E-state index in [0.717, 1.165) is 42.6 Å². The second kappa shape index (κ2) is 6.33. The molecule has 4 heteroatoms. The average Bonchev–Trinajstić information content (AvgIpc) is 3.21. The third-order valence-corrected chi connectivity index (χ3v) is 3.58. The van der Waals surface area contributed by atoms with E-state index in [-0.39, 0.29) is 0 Å². The van der Waals surface area contributed by atoms with Crippen molar-refractivity contribution in [1.82, 2.24) is 9.97 Å².